The number of hydrogen-bond acceptors (Lipinski definition) is 3. The normalized spacial score (nSPS) is 18.1. The highest BCUT2D eigenvalue weighted by Crippen LogP contribution is 2.13. The van der Waals surface area contributed by atoms with Crippen molar-refractivity contribution in [1.29, 1.82) is 0 Å². The Kier molecular flexibility index (Phi) is 4.19. The second-order valence-electron chi connectivity index (χ2n) is 4.09. The molecule has 1 heterocycles. The van der Waals surface area contributed by atoms with Gasteiger partial charge in [-0.05, 0) is 24.1 Å². The van der Waals surface area contributed by atoms with Crippen LogP contribution in [0.4, 0.5) is 0 Å². The lowest BCUT2D eigenvalue weighted by atomic mass is 10.2. The average Bonchev–Trinajstić information content (AvgIpc) is 2.59. The van der Waals surface area contributed by atoms with E-state index in [4.69, 9.17) is 9.47 Å². The van der Waals surface area contributed by atoms with Crippen LogP contribution in [-0.2, 0) is 11.3 Å². The largest absolute Gasteiger partial charge is 0.497 e. The van der Waals surface area contributed by atoms with E-state index in [1.165, 1.54) is 5.56 Å². The molecule has 0 aromatic heterocycles. The van der Waals surface area contributed by atoms with Crippen molar-refractivity contribution >= 4 is 0 Å². The van der Waals surface area contributed by atoms with Gasteiger partial charge in [0, 0.05) is 26.2 Å². The van der Waals surface area contributed by atoms with E-state index in [1.54, 1.807) is 7.11 Å². The van der Waals surface area contributed by atoms with Crippen LogP contribution < -0.4 is 4.74 Å². The maximum atomic E-state index is 5.44. The summed E-state index contributed by atoms with van der Waals surface area (Å²) < 4.78 is 10.6. The van der Waals surface area contributed by atoms with Gasteiger partial charge in [0.15, 0.2) is 0 Å². The Morgan fingerprint density at radius 3 is 2.75 bits per heavy atom. The quantitative estimate of drug-likeness (QED) is 0.778. The van der Waals surface area contributed by atoms with E-state index >= 15 is 0 Å². The summed E-state index contributed by atoms with van der Waals surface area (Å²) in [5.41, 5.74) is 1.34. The summed E-state index contributed by atoms with van der Waals surface area (Å²) in [6.45, 7) is 4.93. The summed E-state index contributed by atoms with van der Waals surface area (Å²) in [6.07, 6.45) is 1.14. The van der Waals surface area contributed by atoms with Gasteiger partial charge in [-0.15, -0.1) is 0 Å². The molecule has 1 aromatic carbocycles. The maximum absolute atomic E-state index is 5.44. The molecular weight excluding hydrogens is 202 g/mol. The molecule has 0 N–H and O–H groups in total. The number of methoxy groups -OCH3 is 1. The minimum absolute atomic E-state index is 0.857. The Hall–Kier alpha value is -1.06. The first-order valence-corrected chi connectivity index (χ1v) is 5.81. The van der Waals surface area contributed by atoms with Gasteiger partial charge in [-0.3, -0.25) is 4.90 Å². The first kappa shape index (κ1) is 11.4. The van der Waals surface area contributed by atoms with Gasteiger partial charge in [0.2, 0.25) is 0 Å². The van der Waals surface area contributed by atoms with Crippen LogP contribution in [0.3, 0.4) is 0 Å². The molecule has 88 valence electrons. The molecule has 0 aliphatic carbocycles. The smallest absolute Gasteiger partial charge is 0.118 e. The number of hydrogen-bond donors (Lipinski definition) is 0. The SMILES string of the molecule is COc1ccc(CN2CCCOCC2)cc1. The van der Waals surface area contributed by atoms with Crippen LogP contribution >= 0.6 is 0 Å². The van der Waals surface area contributed by atoms with Gasteiger partial charge in [0.1, 0.15) is 5.75 Å². The van der Waals surface area contributed by atoms with E-state index in [-0.39, 0.29) is 0 Å². The first-order chi connectivity index (χ1) is 7.88. The van der Waals surface area contributed by atoms with E-state index in [0.717, 1.165) is 45.0 Å². The highest BCUT2D eigenvalue weighted by Gasteiger charge is 2.09. The Bertz CT molecular complexity index is 302. The molecular formula is C13H19NO2. The zero-order valence-electron chi connectivity index (χ0n) is 9.82. The van der Waals surface area contributed by atoms with Crippen LogP contribution in [-0.4, -0.2) is 38.3 Å². The molecule has 0 amide bonds. The molecule has 1 aliphatic rings. The van der Waals surface area contributed by atoms with Gasteiger partial charge >= 0.3 is 0 Å². The summed E-state index contributed by atoms with van der Waals surface area (Å²) in [7, 11) is 1.70. The predicted molar refractivity (Wildman–Crippen MR) is 63.7 cm³/mol. The second kappa shape index (κ2) is 5.87. The third kappa shape index (κ3) is 3.22. The first-order valence-electron chi connectivity index (χ1n) is 5.81. The van der Waals surface area contributed by atoms with E-state index < -0.39 is 0 Å². The average molecular weight is 221 g/mol. The summed E-state index contributed by atoms with van der Waals surface area (Å²) in [6, 6.07) is 8.29. The van der Waals surface area contributed by atoms with Crippen molar-refractivity contribution < 1.29 is 9.47 Å². The number of ether oxygens (including phenoxy) is 2. The summed E-state index contributed by atoms with van der Waals surface area (Å²) in [5, 5.41) is 0. The van der Waals surface area contributed by atoms with Crippen molar-refractivity contribution in [3.8, 4) is 5.75 Å². The van der Waals surface area contributed by atoms with Crippen LogP contribution in [0, 0.1) is 0 Å². The van der Waals surface area contributed by atoms with Crippen molar-refractivity contribution in [2.45, 2.75) is 13.0 Å². The van der Waals surface area contributed by atoms with Crippen LogP contribution in [0.25, 0.3) is 0 Å². The van der Waals surface area contributed by atoms with Crippen molar-refractivity contribution in [3.05, 3.63) is 29.8 Å². The van der Waals surface area contributed by atoms with Crippen LogP contribution in [0.15, 0.2) is 24.3 Å². The van der Waals surface area contributed by atoms with Crippen LogP contribution in [0.5, 0.6) is 5.75 Å². The lowest BCUT2D eigenvalue weighted by Gasteiger charge is -2.19. The van der Waals surface area contributed by atoms with Crippen molar-refractivity contribution in [2.75, 3.05) is 33.4 Å². The van der Waals surface area contributed by atoms with Gasteiger partial charge in [0.25, 0.3) is 0 Å². The Labute approximate surface area is 97.0 Å². The molecule has 0 bridgehead atoms. The Morgan fingerprint density at radius 2 is 2.00 bits per heavy atom. The van der Waals surface area contributed by atoms with E-state index in [1.807, 2.05) is 12.1 Å². The van der Waals surface area contributed by atoms with Crippen molar-refractivity contribution in [3.63, 3.8) is 0 Å². The number of nitrogens with zero attached hydrogens (tertiary/aromatic N) is 1. The fraction of sp³-hybridized carbons (Fsp3) is 0.538. The molecule has 3 nitrogen and oxygen atoms in total. The lowest BCUT2D eigenvalue weighted by molar-refractivity contribution is 0.140. The molecule has 0 unspecified atom stereocenters. The van der Waals surface area contributed by atoms with Crippen LogP contribution in [0.2, 0.25) is 0 Å². The predicted octanol–water partition coefficient (Wildman–Crippen LogP) is 1.92. The van der Waals surface area contributed by atoms with Crippen molar-refractivity contribution in [2.24, 2.45) is 0 Å². The summed E-state index contributed by atoms with van der Waals surface area (Å²) in [5.74, 6) is 0.919. The minimum atomic E-state index is 0.857. The highest BCUT2D eigenvalue weighted by molar-refractivity contribution is 5.27. The monoisotopic (exact) mass is 221 g/mol. The second-order valence-corrected chi connectivity index (χ2v) is 4.09. The maximum Gasteiger partial charge on any atom is 0.118 e. The van der Waals surface area contributed by atoms with E-state index in [2.05, 4.69) is 17.0 Å². The molecule has 1 aromatic rings. The molecule has 0 spiro atoms. The Balaban J connectivity index is 1.91. The lowest BCUT2D eigenvalue weighted by Crippen LogP contribution is -2.25. The molecule has 0 atom stereocenters. The summed E-state index contributed by atoms with van der Waals surface area (Å²) >= 11 is 0. The number of benzene rings is 1. The van der Waals surface area contributed by atoms with Gasteiger partial charge in [-0.2, -0.15) is 0 Å². The van der Waals surface area contributed by atoms with Gasteiger partial charge in [0.05, 0.1) is 13.7 Å². The molecule has 0 radical (unpaired) electrons. The van der Waals surface area contributed by atoms with E-state index in [0.29, 0.717) is 0 Å². The fourth-order valence-electron chi connectivity index (χ4n) is 1.94. The standard InChI is InChI=1S/C13H19NO2/c1-15-13-5-3-12(4-6-13)11-14-7-2-9-16-10-8-14/h3-6H,2,7-11H2,1H3. The number of rotatable bonds is 3. The molecule has 1 fully saturated rings. The topological polar surface area (TPSA) is 21.7 Å². The molecule has 0 saturated carbocycles. The molecule has 2 rings (SSSR count). The van der Waals surface area contributed by atoms with Gasteiger partial charge < -0.3 is 9.47 Å². The molecule has 3 heteroatoms. The zero-order chi connectivity index (χ0) is 11.2. The van der Waals surface area contributed by atoms with E-state index in [9.17, 15) is 0 Å². The molecule has 16 heavy (non-hydrogen) atoms. The molecule has 1 aliphatic heterocycles. The van der Waals surface area contributed by atoms with Crippen LogP contribution in [0.1, 0.15) is 12.0 Å². The zero-order valence-corrected chi connectivity index (χ0v) is 9.82. The van der Waals surface area contributed by atoms with Gasteiger partial charge in [-0.1, -0.05) is 12.1 Å². The fourth-order valence-corrected chi connectivity index (χ4v) is 1.94. The summed E-state index contributed by atoms with van der Waals surface area (Å²) in [4.78, 5) is 2.44. The highest BCUT2D eigenvalue weighted by atomic mass is 16.5. The Morgan fingerprint density at radius 1 is 1.19 bits per heavy atom. The minimum Gasteiger partial charge on any atom is -0.497 e. The third-order valence-electron chi connectivity index (χ3n) is 2.88. The molecule has 1 saturated heterocycles. The third-order valence-corrected chi connectivity index (χ3v) is 2.88. The van der Waals surface area contributed by atoms with Gasteiger partial charge in [-0.25, -0.2) is 0 Å². The van der Waals surface area contributed by atoms with Crippen molar-refractivity contribution in [1.82, 2.24) is 4.90 Å².